The summed E-state index contributed by atoms with van der Waals surface area (Å²) < 4.78 is 10.8. The van der Waals surface area contributed by atoms with E-state index in [1.54, 1.807) is 0 Å². The summed E-state index contributed by atoms with van der Waals surface area (Å²) in [5.41, 5.74) is 0. The number of hydrogen-bond acceptors (Lipinski definition) is 4. The second kappa shape index (κ2) is 8.01. The molecule has 0 bridgehead atoms. The number of aliphatic hydroxyl groups is 1. The van der Waals surface area contributed by atoms with Gasteiger partial charge < -0.3 is 19.9 Å². The van der Waals surface area contributed by atoms with Crippen molar-refractivity contribution in [2.75, 3.05) is 32.9 Å². The summed E-state index contributed by atoms with van der Waals surface area (Å²) in [6.45, 7) is 7.59. The molecule has 2 N–H and O–H groups in total. The highest BCUT2D eigenvalue weighted by atomic mass is 16.5. The Morgan fingerprint density at radius 2 is 2.31 bits per heavy atom. The van der Waals surface area contributed by atoms with Crippen LogP contribution in [-0.2, 0) is 9.47 Å². The van der Waals surface area contributed by atoms with Crippen LogP contribution in [0.4, 0.5) is 0 Å². The number of aliphatic hydroxyl groups excluding tert-OH is 1. The lowest BCUT2D eigenvalue weighted by molar-refractivity contribution is 0.0411. The summed E-state index contributed by atoms with van der Waals surface area (Å²) in [4.78, 5) is 0. The predicted molar refractivity (Wildman–Crippen MR) is 63.5 cm³/mol. The zero-order chi connectivity index (χ0) is 11.8. The maximum absolute atomic E-state index is 9.56. The van der Waals surface area contributed by atoms with Crippen molar-refractivity contribution in [3.63, 3.8) is 0 Å². The molecule has 0 aromatic heterocycles. The van der Waals surface area contributed by atoms with Gasteiger partial charge in [0.2, 0.25) is 0 Å². The molecule has 16 heavy (non-hydrogen) atoms. The summed E-state index contributed by atoms with van der Waals surface area (Å²) in [5, 5.41) is 12.8. The first-order valence-corrected chi connectivity index (χ1v) is 6.36. The SMILES string of the molecule is CCOCC(O)CNCC1CCOC1CC. The summed E-state index contributed by atoms with van der Waals surface area (Å²) >= 11 is 0. The van der Waals surface area contributed by atoms with Gasteiger partial charge in [0.25, 0.3) is 0 Å². The molecule has 1 heterocycles. The van der Waals surface area contributed by atoms with E-state index in [0.717, 1.165) is 26.0 Å². The van der Waals surface area contributed by atoms with Gasteiger partial charge in [-0.15, -0.1) is 0 Å². The fraction of sp³-hybridized carbons (Fsp3) is 1.00. The first kappa shape index (κ1) is 13.9. The van der Waals surface area contributed by atoms with Crippen LogP contribution in [0.5, 0.6) is 0 Å². The van der Waals surface area contributed by atoms with Crippen molar-refractivity contribution in [2.24, 2.45) is 5.92 Å². The first-order valence-electron chi connectivity index (χ1n) is 6.36. The third-order valence-electron chi connectivity index (χ3n) is 3.05. The summed E-state index contributed by atoms with van der Waals surface area (Å²) in [6, 6.07) is 0. The van der Waals surface area contributed by atoms with E-state index in [9.17, 15) is 5.11 Å². The molecule has 1 aliphatic heterocycles. The van der Waals surface area contributed by atoms with E-state index >= 15 is 0 Å². The van der Waals surface area contributed by atoms with Gasteiger partial charge in [-0.3, -0.25) is 0 Å². The smallest absolute Gasteiger partial charge is 0.0897 e. The Hall–Kier alpha value is -0.160. The van der Waals surface area contributed by atoms with Gasteiger partial charge in [-0.05, 0) is 25.7 Å². The Morgan fingerprint density at radius 3 is 3.00 bits per heavy atom. The molecule has 1 rings (SSSR count). The van der Waals surface area contributed by atoms with Crippen molar-refractivity contribution in [3.8, 4) is 0 Å². The molecule has 1 fully saturated rings. The predicted octanol–water partition coefficient (Wildman–Crippen LogP) is 0.788. The van der Waals surface area contributed by atoms with E-state index in [1.165, 1.54) is 0 Å². The maximum Gasteiger partial charge on any atom is 0.0897 e. The van der Waals surface area contributed by atoms with Crippen LogP contribution in [0.25, 0.3) is 0 Å². The topological polar surface area (TPSA) is 50.7 Å². The molecule has 0 aromatic carbocycles. The lowest BCUT2D eigenvalue weighted by atomic mass is 10.00. The van der Waals surface area contributed by atoms with Gasteiger partial charge in [-0.2, -0.15) is 0 Å². The summed E-state index contributed by atoms with van der Waals surface area (Å²) in [5.74, 6) is 0.601. The molecule has 0 amide bonds. The molecule has 0 radical (unpaired) electrons. The number of ether oxygens (including phenoxy) is 2. The molecule has 0 saturated carbocycles. The molecule has 0 spiro atoms. The van der Waals surface area contributed by atoms with Crippen LogP contribution in [0.15, 0.2) is 0 Å². The van der Waals surface area contributed by atoms with Crippen molar-refractivity contribution in [1.29, 1.82) is 0 Å². The van der Waals surface area contributed by atoms with Crippen LogP contribution in [0.1, 0.15) is 26.7 Å². The molecule has 3 atom stereocenters. The van der Waals surface area contributed by atoms with E-state index in [1.807, 2.05) is 6.92 Å². The zero-order valence-corrected chi connectivity index (χ0v) is 10.4. The molecule has 3 unspecified atom stereocenters. The van der Waals surface area contributed by atoms with Crippen molar-refractivity contribution in [1.82, 2.24) is 5.32 Å². The summed E-state index contributed by atoms with van der Waals surface area (Å²) in [6.07, 6.45) is 2.21. The molecule has 4 nitrogen and oxygen atoms in total. The molecule has 96 valence electrons. The minimum Gasteiger partial charge on any atom is -0.389 e. The van der Waals surface area contributed by atoms with Crippen LogP contribution >= 0.6 is 0 Å². The van der Waals surface area contributed by atoms with E-state index < -0.39 is 6.10 Å². The molecular formula is C12H25NO3. The molecule has 1 aliphatic rings. The second-order valence-electron chi connectivity index (χ2n) is 4.34. The van der Waals surface area contributed by atoms with Gasteiger partial charge in [0.1, 0.15) is 0 Å². The lowest BCUT2D eigenvalue weighted by Gasteiger charge is -2.18. The van der Waals surface area contributed by atoms with Crippen molar-refractivity contribution < 1.29 is 14.6 Å². The first-order chi connectivity index (χ1) is 7.77. The van der Waals surface area contributed by atoms with Gasteiger partial charge in [0.05, 0.1) is 18.8 Å². The van der Waals surface area contributed by atoms with Crippen LogP contribution < -0.4 is 5.32 Å². The molecule has 0 aliphatic carbocycles. The number of nitrogens with one attached hydrogen (secondary N) is 1. The number of hydrogen-bond donors (Lipinski definition) is 2. The van der Waals surface area contributed by atoms with Gasteiger partial charge in [0, 0.05) is 26.3 Å². The third kappa shape index (κ3) is 4.78. The lowest BCUT2D eigenvalue weighted by Crippen LogP contribution is -2.35. The second-order valence-corrected chi connectivity index (χ2v) is 4.34. The average molecular weight is 231 g/mol. The van der Waals surface area contributed by atoms with Gasteiger partial charge in [-0.1, -0.05) is 6.92 Å². The van der Waals surface area contributed by atoms with Crippen LogP contribution in [0.2, 0.25) is 0 Å². The highest BCUT2D eigenvalue weighted by molar-refractivity contribution is 4.77. The standard InChI is InChI=1S/C12H25NO3/c1-3-12-10(5-6-16-12)7-13-8-11(14)9-15-4-2/h10-14H,3-9H2,1-2H3. The third-order valence-corrected chi connectivity index (χ3v) is 3.05. The van der Waals surface area contributed by atoms with Crippen LogP contribution in [0, 0.1) is 5.92 Å². The highest BCUT2D eigenvalue weighted by Crippen LogP contribution is 2.22. The Bertz CT molecular complexity index is 178. The Morgan fingerprint density at radius 1 is 1.50 bits per heavy atom. The minimum absolute atomic E-state index is 0.400. The fourth-order valence-electron chi connectivity index (χ4n) is 2.13. The molecule has 4 heteroatoms. The Kier molecular flexibility index (Phi) is 6.96. The summed E-state index contributed by atoms with van der Waals surface area (Å²) in [7, 11) is 0. The van der Waals surface area contributed by atoms with Crippen molar-refractivity contribution in [3.05, 3.63) is 0 Å². The van der Waals surface area contributed by atoms with Crippen LogP contribution in [0.3, 0.4) is 0 Å². The average Bonchev–Trinajstić information content (AvgIpc) is 2.74. The van der Waals surface area contributed by atoms with E-state index in [-0.39, 0.29) is 0 Å². The van der Waals surface area contributed by atoms with Gasteiger partial charge in [-0.25, -0.2) is 0 Å². The van der Waals surface area contributed by atoms with Gasteiger partial charge >= 0.3 is 0 Å². The quantitative estimate of drug-likeness (QED) is 0.648. The van der Waals surface area contributed by atoms with E-state index in [0.29, 0.717) is 31.8 Å². The highest BCUT2D eigenvalue weighted by Gasteiger charge is 2.26. The molecular weight excluding hydrogens is 206 g/mol. The Balaban J connectivity index is 2.05. The van der Waals surface area contributed by atoms with Crippen molar-refractivity contribution >= 4 is 0 Å². The Labute approximate surface area is 98.3 Å². The zero-order valence-electron chi connectivity index (χ0n) is 10.4. The number of rotatable bonds is 8. The van der Waals surface area contributed by atoms with Crippen LogP contribution in [-0.4, -0.2) is 50.2 Å². The van der Waals surface area contributed by atoms with Crippen molar-refractivity contribution in [2.45, 2.75) is 38.9 Å². The van der Waals surface area contributed by atoms with E-state index in [2.05, 4.69) is 12.2 Å². The maximum atomic E-state index is 9.56. The monoisotopic (exact) mass is 231 g/mol. The normalized spacial score (nSPS) is 27.2. The minimum atomic E-state index is -0.401. The van der Waals surface area contributed by atoms with Gasteiger partial charge in [0.15, 0.2) is 0 Å². The largest absolute Gasteiger partial charge is 0.389 e. The van der Waals surface area contributed by atoms with E-state index in [4.69, 9.17) is 9.47 Å². The molecule has 0 aromatic rings. The fourth-order valence-corrected chi connectivity index (χ4v) is 2.13. The molecule has 1 saturated heterocycles.